The second-order valence-electron chi connectivity index (χ2n) is 8.66. The highest BCUT2D eigenvalue weighted by Crippen LogP contribution is 2.31. The molecular weight excluding hydrogens is 474 g/mol. The number of aryl methyl sites for hydroxylation is 2. The van der Waals surface area contributed by atoms with Gasteiger partial charge in [-0.3, -0.25) is 14.4 Å². The van der Waals surface area contributed by atoms with Crippen LogP contribution in [0.15, 0.2) is 95.7 Å². The molecule has 36 heavy (non-hydrogen) atoms. The Balaban J connectivity index is 1.33. The summed E-state index contributed by atoms with van der Waals surface area (Å²) < 4.78 is 0. The van der Waals surface area contributed by atoms with E-state index in [4.69, 9.17) is 11.6 Å². The predicted octanol–water partition coefficient (Wildman–Crippen LogP) is 6.14. The van der Waals surface area contributed by atoms with Crippen LogP contribution >= 0.6 is 11.6 Å². The largest absolute Gasteiger partial charge is 0.350 e. The smallest absolute Gasteiger partial charge is 0.283 e. The summed E-state index contributed by atoms with van der Waals surface area (Å²) in [5.74, 6) is -1.38. The molecule has 0 radical (unpaired) electrons. The highest BCUT2D eigenvalue weighted by molar-refractivity contribution is 6.53. The Labute approximate surface area is 213 Å². The number of carbonyl (C=O) groups excluding carboxylic acids is 3. The first-order valence-corrected chi connectivity index (χ1v) is 11.7. The van der Waals surface area contributed by atoms with Gasteiger partial charge in [0.05, 0.1) is 5.69 Å². The molecule has 4 aromatic carbocycles. The Hall–Kier alpha value is -4.42. The zero-order valence-corrected chi connectivity index (χ0v) is 20.4. The number of imide groups is 1. The number of nitrogens with zero attached hydrogens (tertiary/aromatic N) is 1. The molecule has 0 bridgehead atoms. The minimum Gasteiger partial charge on any atom is -0.350 e. The zero-order valence-electron chi connectivity index (χ0n) is 19.6. The first kappa shape index (κ1) is 23.3. The van der Waals surface area contributed by atoms with Crippen LogP contribution in [0.5, 0.6) is 0 Å². The van der Waals surface area contributed by atoms with Gasteiger partial charge in [-0.2, -0.15) is 0 Å². The molecule has 178 valence electrons. The number of benzene rings is 4. The molecule has 0 unspecified atom stereocenters. The highest BCUT2D eigenvalue weighted by Gasteiger charge is 2.39. The highest BCUT2D eigenvalue weighted by atomic mass is 35.5. The molecule has 1 aliphatic heterocycles. The molecule has 0 saturated carbocycles. The van der Waals surface area contributed by atoms with Gasteiger partial charge in [0.1, 0.15) is 10.7 Å². The molecule has 2 N–H and O–H groups in total. The van der Waals surface area contributed by atoms with Gasteiger partial charge in [-0.1, -0.05) is 54.1 Å². The van der Waals surface area contributed by atoms with Crippen LogP contribution in [-0.4, -0.2) is 17.7 Å². The minimum atomic E-state index is -0.583. The molecule has 5 rings (SSSR count). The predicted molar refractivity (Wildman–Crippen MR) is 143 cm³/mol. The number of carbonyl (C=O) groups is 3. The van der Waals surface area contributed by atoms with Crippen LogP contribution in [0, 0.1) is 13.8 Å². The number of hydrogen-bond donors (Lipinski definition) is 2. The quantitative estimate of drug-likeness (QED) is 0.326. The van der Waals surface area contributed by atoms with Gasteiger partial charge in [0.2, 0.25) is 0 Å². The normalized spacial score (nSPS) is 13.5. The van der Waals surface area contributed by atoms with Crippen molar-refractivity contribution in [3.8, 4) is 0 Å². The number of fused-ring (bicyclic) bond motifs is 1. The summed E-state index contributed by atoms with van der Waals surface area (Å²) in [6.45, 7) is 3.79. The molecule has 6 nitrogen and oxygen atoms in total. The SMILES string of the molecule is Cc1cc(C)cc(N2C(=O)C(Cl)=C(Nc3ccc(C(=O)Nc4cccc5ccccc45)cc3)C2=O)c1. The van der Waals surface area contributed by atoms with E-state index in [9.17, 15) is 14.4 Å². The molecule has 0 aliphatic carbocycles. The van der Waals surface area contributed by atoms with E-state index in [0.717, 1.165) is 32.5 Å². The third-order valence-corrected chi connectivity index (χ3v) is 6.30. The van der Waals surface area contributed by atoms with E-state index in [1.807, 2.05) is 62.4 Å². The zero-order chi connectivity index (χ0) is 25.4. The number of hydrogen-bond acceptors (Lipinski definition) is 4. The summed E-state index contributed by atoms with van der Waals surface area (Å²) in [6, 6.07) is 25.6. The van der Waals surface area contributed by atoms with E-state index in [-0.39, 0.29) is 16.6 Å². The van der Waals surface area contributed by atoms with Gasteiger partial charge in [0.25, 0.3) is 17.7 Å². The fourth-order valence-electron chi connectivity index (χ4n) is 4.30. The molecule has 0 atom stereocenters. The van der Waals surface area contributed by atoms with Gasteiger partial charge >= 0.3 is 0 Å². The van der Waals surface area contributed by atoms with Crippen molar-refractivity contribution in [3.05, 3.63) is 112 Å². The van der Waals surface area contributed by atoms with E-state index < -0.39 is 11.8 Å². The summed E-state index contributed by atoms with van der Waals surface area (Å²) in [7, 11) is 0. The molecule has 1 aliphatic rings. The van der Waals surface area contributed by atoms with Gasteiger partial charge in [-0.25, -0.2) is 4.90 Å². The molecule has 1 heterocycles. The van der Waals surface area contributed by atoms with Gasteiger partial charge in [0.15, 0.2) is 0 Å². The fraction of sp³-hybridized carbons (Fsp3) is 0.0690. The van der Waals surface area contributed by atoms with Crippen molar-refractivity contribution in [2.45, 2.75) is 13.8 Å². The van der Waals surface area contributed by atoms with Crippen LogP contribution in [0.2, 0.25) is 0 Å². The molecule has 7 heteroatoms. The summed E-state index contributed by atoms with van der Waals surface area (Å²) in [5.41, 5.74) is 4.01. The van der Waals surface area contributed by atoms with Gasteiger partial charge < -0.3 is 10.6 Å². The maximum atomic E-state index is 13.1. The van der Waals surface area contributed by atoms with E-state index in [2.05, 4.69) is 10.6 Å². The minimum absolute atomic E-state index is 0.00576. The molecule has 4 aromatic rings. The standard InChI is InChI=1S/C29H22ClN3O3/c1-17-14-18(2)16-22(15-17)33-28(35)25(30)26(29(33)36)31-21-12-10-20(11-13-21)27(34)32-24-9-5-7-19-6-3-4-8-23(19)24/h3-16,31H,1-2H3,(H,32,34). The third kappa shape index (κ3) is 4.34. The molecular formula is C29H22ClN3O3. The van der Waals surface area contributed by atoms with E-state index in [0.29, 0.717) is 16.9 Å². The number of anilines is 3. The number of nitrogens with one attached hydrogen (secondary N) is 2. The van der Waals surface area contributed by atoms with Crippen LogP contribution in [0.4, 0.5) is 17.1 Å². The maximum Gasteiger partial charge on any atom is 0.283 e. The molecule has 0 saturated heterocycles. The molecule has 0 spiro atoms. The Morgan fingerprint density at radius 3 is 2.19 bits per heavy atom. The molecule has 0 aromatic heterocycles. The summed E-state index contributed by atoms with van der Waals surface area (Å²) in [6.07, 6.45) is 0. The Morgan fingerprint density at radius 1 is 0.806 bits per heavy atom. The van der Waals surface area contributed by atoms with E-state index in [1.54, 1.807) is 36.4 Å². The Morgan fingerprint density at radius 2 is 1.47 bits per heavy atom. The summed E-state index contributed by atoms with van der Waals surface area (Å²) in [5, 5.41) is 7.69. The van der Waals surface area contributed by atoms with Crippen LogP contribution in [-0.2, 0) is 9.59 Å². The monoisotopic (exact) mass is 495 g/mol. The lowest BCUT2D eigenvalue weighted by Gasteiger charge is -2.16. The van der Waals surface area contributed by atoms with Crippen molar-refractivity contribution in [1.82, 2.24) is 0 Å². The van der Waals surface area contributed by atoms with E-state index in [1.165, 1.54) is 0 Å². The van der Waals surface area contributed by atoms with Gasteiger partial charge in [-0.05, 0) is 72.8 Å². The first-order valence-electron chi connectivity index (χ1n) is 11.3. The van der Waals surface area contributed by atoms with Gasteiger partial charge in [-0.15, -0.1) is 0 Å². The lowest BCUT2D eigenvalue weighted by molar-refractivity contribution is -0.120. The topological polar surface area (TPSA) is 78.5 Å². The van der Waals surface area contributed by atoms with Crippen molar-refractivity contribution < 1.29 is 14.4 Å². The fourth-order valence-corrected chi connectivity index (χ4v) is 4.52. The molecule has 3 amide bonds. The maximum absolute atomic E-state index is 13.1. The lowest BCUT2D eigenvalue weighted by Crippen LogP contribution is -2.32. The van der Waals surface area contributed by atoms with E-state index >= 15 is 0 Å². The number of rotatable bonds is 5. The average Bonchev–Trinajstić information content (AvgIpc) is 3.07. The Kier molecular flexibility index (Phi) is 6.04. The van der Waals surface area contributed by atoms with Crippen molar-refractivity contribution in [2.75, 3.05) is 15.5 Å². The number of halogens is 1. The van der Waals surface area contributed by atoms with Crippen molar-refractivity contribution in [1.29, 1.82) is 0 Å². The molecule has 0 fully saturated rings. The van der Waals surface area contributed by atoms with Crippen LogP contribution < -0.4 is 15.5 Å². The van der Waals surface area contributed by atoms with Crippen LogP contribution in [0.1, 0.15) is 21.5 Å². The third-order valence-electron chi connectivity index (χ3n) is 5.95. The second kappa shape index (κ2) is 9.32. The summed E-state index contributed by atoms with van der Waals surface area (Å²) >= 11 is 6.26. The summed E-state index contributed by atoms with van der Waals surface area (Å²) in [4.78, 5) is 39.8. The van der Waals surface area contributed by atoms with Crippen molar-refractivity contribution >= 4 is 57.2 Å². The lowest BCUT2D eigenvalue weighted by atomic mass is 10.1. The van der Waals surface area contributed by atoms with Gasteiger partial charge in [0, 0.05) is 22.3 Å². The average molecular weight is 496 g/mol. The van der Waals surface area contributed by atoms with Crippen LogP contribution in [0.3, 0.4) is 0 Å². The van der Waals surface area contributed by atoms with Crippen LogP contribution in [0.25, 0.3) is 10.8 Å². The van der Waals surface area contributed by atoms with Crippen molar-refractivity contribution in [2.24, 2.45) is 0 Å². The first-order chi connectivity index (χ1) is 17.3. The Bertz CT molecular complexity index is 1550. The number of amides is 3. The van der Waals surface area contributed by atoms with Crippen molar-refractivity contribution in [3.63, 3.8) is 0 Å². The second-order valence-corrected chi connectivity index (χ2v) is 9.04.